The zero-order valence-corrected chi connectivity index (χ0v) is 19.5. The third-order valence-corrected chi connectivity index (χ3v) is 6.31. The number of rotatable bonds is 5. The molecule has 0 aliphatic heterocycles. The van der Waals surface area contributed by atoms with Gasteiger partial charge in [-0.2, -0.15) is 0 Å². The van der Waals surface area contributed by atoms with Crippen LogP contribution in [0.25, 0.3) is 22.6 Å². The third kappa shape index (κ3) is 4.29. The average molecular weight is 450 g/mol. The van der Waals surface area contributed by atoms with Crippen molar-refractivity contribution < 1.29 is 9.53 Å². The predicted octanol–water partition coefficient (Wildman–Crippen LogP) is 5.79. The first-order valence-corrected chi connectivity index (χ1v) is 11.6. The first kappa shape index (κ1) is 21.8. The summed E-state index contributed by atoms with van der Waals surface area (Å²) in [5.41, 5.74) is 6.72. The Morgan fingerprint density at radius 2 is 1.82 bits per heavy atom. The van der Waals surface area contributed by atoms with Crippen LogP contribution in [-0.2, 0) is 13.0 Å². The van der Waals surface area contributed by atoms with E-state index < -0.39 is 0 Å². The molecule has 4 aromatic rings. The number of allylic oxidation sites excluding steroid dienone is 1. The van der Waals surface area contributed by atoms with Gasteiger partial charge in [0.05, 0.1) is 36.1 Å². The molecule has 1 aliphatic carbocycles. The Kier molecular flexibility index (Phi) is 6.09. The van der Waals surface area contributed by atoms with Crippen LogP contribution in [0.2, 0.25) is 0 Å². The fourth-order valence-corrected chi connectivity index (χ4v) is 4.62. The van der Waals surface area contributed by atoms with E-state index in [-0.39, 0.29) is 5.91 Å². The Morgan fingerprint density at radius 3 is 2.59 bits per heavy atom. The van der Waals surface area contributed by atoms with Gasteiger partial charge in [-0.3, -0.25) is 9.78 Å². The smallest absolute Gasteiger partial charge is 0.254 e. The molecule has 0 bridgehead atoms. The topological polar surface area (TPSA) is 55.3 Å². The van der Waals surface area contributed by atoms with E-state index in [1.165, 1.54) is 5.57 Å². The lowest BCUT2D eigenvalue weighted by atomic mass is 9.85. The minimum Gasteiger partial charge on any atom is -0.497 e. The molecule has 2 aromatic heterocycles. The highest BCUT2D eigenvalue weighted by atomic mass is 16.5. The van der Waals surface area contributed by atoms with Gasteiger partial charge in [-0.05, 0) is 72.4 Å². The zero-order valence-electron chi connectivity index (χ0n) is 19.5. The number of carbonyl (C=O) groups excluding carboxylic acids is 1. The quantitative estimate of drug-likeness (QED) is 0.387. The van der Waals surface area contributed by atoms with E-state index in [4.69, 9.17) is 9.72 Å². The maximum absolute atomic E-state index is 13.8. The Balaban J connectivity index is 1.60. The molecule has 0 saturated heterocycles. The van der Waals surface area contributed by atoms with Crippen LogP contribution in [0, 0.1) is 0 Å². The van der Waals surface area contributed by atoms with E-state index >= 15 is 0 Å². The second kappa shape index (κ2) is 9.48. The Bertz CT molecular complexity index is 1360. The number of para-hydroxylation sites is 1. The van der Waals surface area contributed by atoms with Gasteiger partial charge in [0.25, 0.3) is 5.91 Å². The minimum absolute atomic E-state index is 0.00574. The van der Waals surface area contributed by atoms with Crippen molar-refractivity contribution in [2.45, 2.75) is 25.8 Å². The Morgan fingerprint density at radius 1 is 1.03 bits per heavy atom. The van der Waals surface area contributed by atoms with E-state index in [2.05, 4.69) is 11.1 Å². The van der Waals surface area contributed by atoms with Crippen LogP contribution in [0.3, 0.4) is 0 Å². The van der Waals surface area contributed by atoms with Crippen LogP contribution in [0.1, 0.15) is 45.7 Å². The van der Waals surface area contributed by atoms with Gasteiger partial charge >= 0.3 is 0 Å². The Labute approximate surface area is 199 Å². The number of ether oxygens (including phenoxy) is 1. The number of hydrogen-bond donors (Lipinski definition) is 0. The summed E-state index contributed by atoms with van der Waals surface area (Å²) in [5.74, 6) is 0.838. The molecule has 2 aromatic carbocycles. The van der Waals surface area contributed by atoms with Crippen molar-refractivity contribution in [3.63, 3.8) is 0 Å². The standard InChI is InChI=1S/C29H27N3O2/c1-32(19-22-9-5-6-17-30-22)29(33)27-24-10-3-4-12-26(24)31-28-21(8-7-11-25(27)28)18-20-13-15-23(34-2)16-14-20/h3-6,9-10,12-18H,7-8,11,19H2,1-2H3/b21-18+. The fraction of sp³-hybridized carbons (Fsp3) is 0.207. The molecule has 0 unspecified atom stereocenters. The SMILES string of the molecule is COc1ccc(/C=C2\CCCc3c2nc2ccccc2c3C(=O)N(C)Cc2ccccn2)cc1. The number of fused-ring (bicyclic) bond motifs is 2. The second-order valence-corrected chi connectivity index (χ2v) is 8.61. The molecule has 5 nitrogen and oxygen atoms in total. The molecule has 170 valence electrons. The van der Waals surface area contributed by atoms with Crippen LogP contribution in [-0.4, -0.2) is 34.9 Å². The van der Waals surface area contributed by atoms with Crippen LogP contribution in [0.4, 0.5) is 0 Å². The van der Waals surface area contributed by atoms with E-state index in [1.807, 2.05) is 73.8 Å². The summed E-state index contributed by atoms with van der Waals surface area (Å²) in [6.07, 6.45) is 6.70. The Hall–Kier alpha value is -3.99. The summed E-state index contributed by atoms with van der Waals surface area (Å²) in [6.45, 7) is 0.458. The highest BCUT2D eigenvalue weighted by Crippen LogP contribution is 2.36. The molecule has 5 rings (SSSR count). The fourth-order valence-electron chi connectivity index (χ4n) is 4.62. The van der Waals surface area contributed by atoms with Crippen LogP contribution in [0.15, 0.2) is 72.9 Å². The number of pyridine rings is 2. The maximum atomic E-state index is 13.8. The van der Waals surface area contributed by atoms with Gasteiger partial charge in [0.1, 0.15) is 5.75 Å². The summed E-state index contributed by atoms with van der Waals surface area (Å²) < 4.78 is 5.29. The van der Waals surface area contributed by atoms with Crippen molar-refractivity contribution in [1.82, 2.24) is 14.9 Å². The van der Waals surface area contributed by atoms with Gasteiger partial charge in [-0.15, -0.1) is 0 Å². The van der Waals surface area contributed by atoms with Crippen molar-refractivity contribution >= 4 is 28.5 Å². The van der Waals surface area contributed by atoms with Crippen LogP contribution < -0.4 is 4.74 Å². The molecule has 1 aliphatic rings. The molecule has 0 saturated carbocycles. The number of amides is 1. The zero-order chi connectivity index (χ0) is 23.5. The number of aromatic nitrogens is 2. The first-order chi connectivity index (χ1) is 16.6. The summed E-state index contributed by atoms with van der Waals surface area (Å²) in [5, 5.41) is 0.907. The summed E-state index contributed by atoms with van der Waals surface area (Å²) in [4.78, 5) is 25.0. The molecule has 1 amide bonds. The van der Waals surface area contributed by atoms with Gasteiger partial charge in [-0.25, -0.2) is 4.98 Å². The highest BCUT2D eigenvalue weighted by Gasteiger charge is 2.26. The number of methoxy groups -OCH3 is 1. The lowest BCUT2D eigenvalue weighted by molar-refractivity contribution is 0.0784. The summed E-state index contributed by atoms with van der Waals surface area (Å²) >= 11 is 0. The molecule has 0 fully saturated rings. The number of carbonyl (C=O) groups is 1. The molecule has 2 heterocycles. The third-order valence-electron chi connectivity index (χ3n) is 6.31. The second-order valence-electron chi connectivity index (χ2n) is 8.61. The van der Waals surface area contributed by atoms with E-state index in [0.717, 1.165) is 64.0 Å². The van der Waals surface area contributed by atoms with Gasteiger partial charge in [0.2, 0.25) is 0 Å². The predicted molar refractivity (Wildman–Crippen MR) is 136 cm³/mol. The molecule has 34 heavy (non-hydrogen) atoms. The summed E-state index contributed by atoms with van der Waals surface area (Å²) in [6, 6.07) is 21.7. The van der Waals surface area contributed by atoms with Gasteiger partial charge < -0.3 is 9.64 Å². The minimum atomic E-state index is 0.00574. The lowest BCUT2D eigenvalue weighted by Crippen LogP contribution is -2.29. The largest absolute Gasteiger partial charge is 0.497 e. The van der Waals surface area contributed by atoms with E-state index in [0.29, 0.717) is 6.54 Å². The molecule has 0 radical (unpaired) electrons. The molecule has 5 heteroatoms. The van der Waals surface area contributed by atoms with E-state index in [9.17, 15) is 4.79 Å². The average Bonchev–Trinajstić information content (AvgIpc) is 2.88. The maximum Gasteiger partial charge on any atom is 0.254 e. The lowest BCUT2D eigenvalue weighted by Gasteiger charge is -2.25. The molecule has 0 N–H and O–H groups in total. The monoisotopic (exact) mass is 449 g/mol. The number of nitrogens with zero attached hydrogens (tertiary/aromatic N) is 3. The van der Waals surface area contributed by atoms with Gasteiger partial charge in [-0.1, -0.05) is 36.4 Å². The number of hydrogen-bond acceptors (Lipinski definition) is 4. The first-order valence-electron chi connectivity index (χ1n) is 11.6. The van der Waals surface area contributed by atoms with Crippen LogP contribution >= 0.6 is 0 Å². The normalized spacial score (nSPS) is 14.1. The molecule has 0 atom stereocenters. The van der Waals surface area contributed by atoms with Crippen molar-refractivity contribution in [2.24, 2.45) is 0 Å². The molecular formula is C29H27N3O2. The van der Waals surface area contributed by atoms with E-state index in [1.54, 1.807) is 18.2 Å². The van der Waals surface area contributed by atoms with Crippen molar-refractivity contribution in [1.29, 1.82) is 0 Å². The van der Waals surface area contributed by atoms with Gasteiger partial charge in [0.15, 0.2) is 0 Å². The van der Waals surface area contributed by atoms with Crippen molar-refractivity contribution in [3.05, 3.63) is 101 Å². The van der Waals surface area contributed by atoms with Crippen molar-refractivity contribution in [3.8, 4) is 5.75 Å². The molecule has 0 spiro atoms. The van der Waals surface area contributed by atoms with Gasteiger partial charge in [0, 0.05) is 18.6 Å². The highest BCUT2D eigenvalue weighted by molar-refractivity contribution is 6.09. The number of benzene rings is 2. The van der Waals surface area contributed by atoms with Crippen LogP contribution in [0.5, 0.6) is 5.75 Å². The molecular weight excluding hydrogens is 422 g/mol. The summed E-state index contributed by atoms with van der Waals surface area (Å²) in [7, 11) is 3.51. The van der Waals surface area contributed by atoms with Crippen molar-refractivity contribution in [2.75, 3.05) is 14.2 Å².